The monoisotopic (exact) mass is 321 g/mol. The highest BCUT2D eigenvalue weighted by Crippen LogP contribution is 2.16. The summed E-state index contributed by atoms with van der Waals surface area (Å²) in [5, 5.41) is 8.90. The summed E-state index contributed by atoms with van der Waals surface area (Å²) in [7, 11) is 0. The summed E-state index contributed by atoms with van der Waals surface area (Å²) in [5.41, 5.74) is 2.76. The SMILES string of the molecule is Cc1c(CCO)sc[n+]1CC(=O)C(C)(C)C.[Br-]. The van der Waals surface area contributed by atoms with Crippen LogP contribution in [0.15, 0.2) is 5.51 Å². The van der Waals surface area contributed by atoms with Crippen molar-refractivity contribution in [1.29, 1.82) is 0 Å². The predicted octanol–water partition coefficient (Wildman–Crippen LogP) is -1.50. The van der Waals surface area contributed by atoms with E-state index in [9.17, 15) is 4.79 Å². The minimum atomic E-state index is -0.293. The summed E-state index contributed by atoms with van der Waals surface area (Å²) in [6.07, 6.45) is 0.674. The Bertz CT molecular complexity index is 382. The molecule has 0 aliphatic rings. The van der Waals surface area contributed by atoms with Crippen LogP contribution in [-0.2, 0) is 17.8 Å². The Labute approximate surface area is 117 Å². The van der Waals surface area contributed by atoms with Crippen LogP contribution in [0.25, 0.3) is 0 Å². The number of ketones is 1. The molecule has 0 amide bonds. The third-order valence-corrected chi connectivity index (χ3v) is 3.79. The topological polar surface area (TPSA) is 41.2 Å². The van der Waals surface area contributed by atoms with Gasteiger partial charge in [-0.25, -0.2) is 0 Å². The fourth-order valence-corrected chi connectivity index (χ4v) is 2.32. The van der Waals surface area contributed by atoms with E-state index in [0.717, 1.165) is 10.6 Å². The fourth-order valence-electron chi connectivity index (χ4n) is 1.34. The Balaban J connectivity index is 0.00000256. The third kappa shape index (κ3) is 4.48. The highest BCUT2D eigenvalue weighted by Gasteiger charge is 2.26. The lowest BCUT2D eigenvalue weighted by Gasteiger charge is -2.13. The van der Waals surface area contributed by atoms with Crippen LogP contribution in [0.3, 0.4) is 0 Å². The van der Waals surface area contributed by atoms with E-state index in [2.05, 4.69) is 0 Å². The van der Waals surface area contributed by atoms with Gasteiger partial charge >= 0.3 is 0 Å². The summed E-state index contributed by atoms with van der Waals surface area (Å²) >= 11 is 1.60. The minimum absolute atomic E-state index is 0. The summed E-state index contributed by atoms with van der Waals surface area (Å²) < 4.78 is 1.98. The lowest BCUT2D eigenvalue weighted by atomic mass is 9.91. The van der Waals surface area contributed by atoms with Gasteiger partial charge in [-0.15, -0.1) is 0 Å². The molecule has 0 aliphatic carbocycles. The average molecular weight is 322 g/mol. The van der Waals surface area contributed by atoms with Gasteiger partial charge in [0.15, 0.2) is 5.69 Å². The van der Waals surface area contributed by atoms with Gasteiger partial charge in [-0.3, -0.25) is 4.79 Å². The van der Waals surface area contributed by atoms with E-state index in [-0.39, 0.29) is 34.8 Å². The normalized spacial score (nSPS) is 11.1. The number of aromatic nitrogens is 1. The number of rotatable bonds is 4. The highest BCUT2D eigenvalue weighted by atomic mass is 79.9. The molecule has 98 valence electrons. The molecule has 0 unspecified atom stereocenters. The molecule has 0 aromatic carbocycles. The number of halogens is 1. The summed E-state index contributed by atoms with van der Waals surface area (Å²) in [6.45, 7) is 8.40. The van der Waals surface area contributed by atoms with Crippen molar-refractivity contribution in [3.8, 4) is 0 Å². The van der Waals surface area contributed by atoms with Crippen molar-refractivity contribution in [3.05, 3.63) is 16.1 Å². The van der Waals surface area contributed by atoms with Crippen LogP contribution in [-0.4, -0.2) is 17.5 Å². The zero-order valence-electron chi connectivity index (χ0n) is 10.8. The van der Waals surface area contributed by atoms with Crippen molar-refractivity contribution < 1.29 is 31.4 Å². The van der Waals surface area contributed by atoms with E-state index in [1.165, 1.54) is 0 Å². The molecule has 0 radical (unpaired) electrons. The van der Waals surface area contributed by atoms with Crippen LogP contribution < -0.4 is 21.5 Å². The number of aliphatic hydroxyl groups is 1. The molecule has 0 atom stereocenters. The van der Waals surface area contributed by atoms with Crippen molar-refractivity contribution in [2.75, 3.05) is 6.61 Å². The number of hydrogen-bond acceptors (Lipinski definition) is 3. The number of aliphatic hydroxyl groups excluding tert-OH is 1. The average Bonchev–Trinajstić information content (AvgIpc) is 2.49. The van der Waals surface area contributed by atoms with E-state index < -0.39 is 0 Å². The van der Waals surface area contributed by atoms with Gasteiger partial charge in [-0.1, -0.05) is 32.1 Å². The van der Waals surface area contributed by atoms with E-state index in [0.29, 0.717) is 13.0 Å². The van der Waals surface area contributed by atoms with E-state index in [1.807, 2.05) is 37.8 Å². The largest absolute Gasteiger partial charge is 1.00 e. The number of nitrogens with zero attached hydrogens (tertiary/aromatic N) is 1. The summed E-state index contributed by atoms with van der Waals surface area (Å²) in [6, 6.07) is 0. The quantitative estimate of drug-likeness (QED) is 0.686. The second kappa shape index (κ2) is 6.61. The maximum atomic E-state index is 11.9. The highest BCUT2D eigenvalue weighted by molar-refractivity contribution is 7.09. The first-order chi connectivity index (χ1) is 7.36. The summed E-state index contributed by atoms with van der Waals surface area (Å²) in [4.78, 5) is 13.0. The standard InChI is InChI=1S/C12H20NO2S.BrH/c1-9-10(5-6-14)16-8-13(9)7-11(15)12(2,3)4;/h8,14H,5-7H2,1-4H3;1H/q+1;/p-1. The first-order valence-electron chi connectivity index (χ1n) is 5.47. The van der Waals surface area contributed by atoms with Crippen LogP contribution in [0.5, 0.6) is 0 Å². The van der Waals surface area contributed by atoms with Gasteiger partial charge in [0.05, 0.1) is 4.88 Å². The maximum Gasteiger partial charge on any atom is 0.225 e. The molecule has 1 aromatic rings. The molecule has 1 heterocycles. The first kappa shape index (κ1) is 16.7. The zero-order valence-corrected chi connectivity index (χ0v) is 13.2. The second-order valence-electron chi connectivity index (χ2n) is 5.01. The summed E-state index contributed by atoms with van der Waals surface area (Å²) in [5.74, 6) is 0.231. The Morgan fingerprint density at radius 3 is 2.53 bits per heavy atom. The van der Waals surface area contributed by atoms with E-state index in [1.54, 1.807) is 11.3 Å². The van der Waals surface area contributed by atoms with Crippen molar-refractivity contribution in [2.24, 2.45) is 5.41 Å². The molecular weight excluding hydrogens is 302 g/mol. The number of Topliss-reactive ketones (excluding diaryl/α,β-unsaturated/α-hetero) is 1. The molecule has 5 heteroatoms. The van der Waals surface area contributed by atoms with Crippen molar-refractivity contribution in [3.63, 3.8) is 0 Å². The molecule has 1 rings (SSSR count). The van der Waals surface area contributed by atoms with Crippen LogP contribution in [0.4, 0.5) is 0 Å². The minimum Gasteiger partial charge on any atom is -1.00 e. The molecule has 0 fully saturated rings. The van der Waals surface area contributed by atoms with Gasteiger partial charge in [0.2, 0.25) is 17.8 Å². The fraction of sp³-hybridized carbons (Fsp3) is 0.667. The van der Waals surface area contributed by atoms with Crippen LogP contribution in [0, 0.1) is 12.3 Å². The number of carbonyl (C=O) groups excluding carboxylic acids is 1. The van der Waals surface area contributed by atoms with Gasteiger partial charge in [-0.2, -0.15) is 4.57 Å². The Hall–Kier alpha value is -0.260. The predicted molar refractivity (Wildman–Crippen MR) is 64.5 cm³/mol. The molecule has 0 bridgehead atoms. The Kier molecular flexibility index (Phi) is 6.51. The van der Waals surface area contributed by atoms with Gasteiger partial charge in [0.1, 0.15) is 0 Å². The van der Waals surface area contributed by atoms with Crippen LogP contribution >= 0.6 is 11.3 Å². The van der Waals surface area contributed by atoms with Crippen LogP contribution in [0.1, 0.15) is 31.3 Å². The molecule has 0 saturated carbocycles. The molecular formula is C12H20BrNO2S. The van der Waals surface area contributed by atoms with Crippen molar-refractivity contribution in [1.82, 2.24) is 0 Å². The van der Waals surface area contributed by atoms with Crippen molar-refractivity contribution >= 4 is 17.1 Å². The molecule has 1 aromatic heterocycles. The van der Waals surface area contributed by atoms with Crippen molar-refractivity contribution in [2.45, 2.75) is 40.7 Å². The Morgan fingerprint density at radius 1 is 1.47 bits per heavy atom. The van der Waals surface area contributed by atoms with Crippen LogP contribution in [0.2, 0.25) is 0 Å². The maximum absolute atomic E-state index is 11.9. The Morgan fingerprint density at radius 2 is 2.06 bits per heavy atom. The second-order valence-corrected chi connectivity index (χ2v) is 5.95. The van der Waals surface area contributed by atoms with Gasteiger partial charge in [0.25, 0.3) is 0 Å². The lowest BCUT2D eigenvalue weighted by Crippen LogP contribution is -3.00. The molecule has 0 saturated heterocycles. The lowest BCUT2D eigenvalue weighted by molar-refractivity contribution is -0.686. The smallest absolute Gasteiger partial charge is 0.225 e. The van der Waals surface area contributed by atoms with Gasteiger partial charge in [0, 0.05) is 25.4 Å². The molecule has 3 nitrogen and oxygen atoms in total. The van der Waals surface area contributed by atoms with E-state index in [4.69, 9.17) is 5.11 Å². The molecule has 0 aliphatic heterocycles. The zero-order chi connectivity index (χ0) is 12.3. The van der Waals surface area contributed by atoms with Gasteiger partial charge < -0.3 is 22.1 Å². The molecule has 17 heavy (non-hydrogen) atoms. The number of hydrogen-bond donors (Lipinski definition) is 1. The first-order valence-corrected chi connectivity index (χ1v) is 6.34. The number of thiazole rings is 1. The van der Waals surface area contributed by atoms with E-state index >= 15 is 0 Å². The molecule has 0 spiro atoms. The van der Waals surface area contributed by atoms with Gasteiger partial charge in [-0.05, 0) is 0 Å². The number of carbonyl (C=O) groups is 1. The third-order valence-electron chi connectivity index (χ3n) is 2.65. The molecule has 1 N–H and O–H groups in total.